The van der Waals surface area contributed by atoms with Crippen molar-refractivity contribution in [2.75, 3.05) is 26.8 Å². The molecule has 5 nitrogen and oxygen atoms in total. The Kier molecular flexibility index (Phi) is 6.75. The van der Waals surface area contributed by atoms with Gasteiger partial charge in [-0.1, -0.05) is 6.92 Å². The number of carbonyl (C=O) groups excluding carboxylic acids is 1. The number of aliphatic hydroxyl groups is 1. The number of aliphatic hydroxyl groups excluding tert-OH is 1. The van der Waals surface area contributed by atoms with Gasteiger partial charge in [-0.3, -0.25) is 4.79 Å². The summed E-state index contributed by atoms with van der Waals surface area (Å²) in [5, 5.41) is 12.4. The Balaban J connectivity index is 2.38. The van der Waals surface area contributed by atoms with Crippen LogP contribution in [0, 0.1) is 11.3 Å². The first-order valence-electron chi connectivity index (χ1n) is 7.19. The van der Waals surface area contributed by atoms with Crippen molar-refractivity contribution in [3.63, 3.8) is 0 Å². The molecule has 0 spiro atoms. The fourth-order valence-electron chi connectivity index (χ4n) is 2.65. The molecule has 0 aromatic rings. The maximum Gasteiger partial charge on any atom is 0.227 e. The summed E-state index contributed by atoms with van der Waals surface area (Å²) in [6.07, 6.45) is 3.86. The largest absolute Gasteiger partial charge is 0.391 e. The number of amides is 1. The summed E-state index contributed by atoms with van der Waals surface area (Å²) in [6, 6.07) is 0. The quantitative estimate of drug-likeness (QED) is 0.635. The zero-order chi connectivity index (χ0) is 14.3. The molecule has 1 atom stereocenters. The molecule has 1 aliphatic rings. The Morgan fingerprint density at radius 3 is 2.68 bits per heavy atom. The minimum Gasteiger partial charge on any atom is -0.391 e. The Bertz CT molecular complexity index is 276. The van der Waals surface area contributed by atoms with E-state index in [4.69, 9.17) is 10.5 Å². The molecule has 1 rings (SSSR count). The number of rotatable bonds is 7. The SMILES string of the molecule is COCC(O)CCNC(=O)C1(CN)CCC(C)CC1. The first-order valence-corrected chi connectivity index (χ1v) is 7.19. The highest BCUT2D eigenvalue weighted by Gasteiger charge is 2.39. The number of methoxy groups -OCH3 is 1. The third-order valence-corrected chi connectivity index (χ3v) is 4.23. The zero-order valence-corrected chi connectivity index (χ0v) is 12.2. The van der Waals surface area contributed by atoms with Crippen molar-refractivity contribution < 1.29 is 14.6 Å². The van der Waals surface area contributed by atoms with Crippen molar-refractivity contribution in [3.8, 4) is 0 Å². The van der Waals surface area contributed by atoms with E-state index in [1.807, 2.05) is 0 Å². The number of nitrogens with two attached hydrogens (primary N) is 1. The highest BCUT2D eigenvalue weighted by molar-refractivity contribution is 5.83. The molecule has 0 aromatic carbocycles. The van der Waals surface area contributed by atoms with E-state index in [2.05, 4.69) is 12.2 Å². The number of nitrogens with one attached hydrogen (secondary N) is 1. The Morgan fingerprint density at radius 1 is 1.53 bits per heavy atom. The van der Waals surface area contributed by atoms with Gasteiger partial charge in [0.15, 0.2) is 0 Å². The number of hydrogen-bond donors (Lipinski definition) is 3. The van der Waals surface area contributed by atoms with Crippen molar-refractivity contribution in [3.05, 3.63) is 0 Å². The number of ether oxygens (including phenoxy) is 1. The van der Waals surface area contributed by atoms with Crippen molar-refractivity contribution in [2.45, 2.75) is 45.1 Å². The molecular weight excluding hydrogens is 244 g/mol. The van der Waals surface area contributed by atoms with Crippen LogP contribution in [0.3, 0.4) is 0 Å². The van der Waals surface area contributed by atoms with Gasteiger partial charge in [0.2, 0.25) is 5.91 Å². The van der Waals surface area contributed by atoms with E-state index in [1.54, 1.807) is 7.11 Å². The van der Waals surface area contributed by atoms with Crippen molar-refractivity contribution >= 4 is 5.91 Å². The lowest BCUT2D eigenvalue weighted by molar-refractivity contribution is -0.132. The third-order valence-electron chi connectivity index (χ3n) is 4.23. The molecule has 5 heteroatoms. The maximum atomic E-state index is 12.3. The standard InChI is InChI=1S/C14H28N2O3/c1-11-3-6-14(10-15,7-4-11)13(18)16-8-5-12(17)9-19-2/h11-12,17H,3-10,15H2,1-2H3,(H,16,18). The molecule has 0 saturated heterocycles. The van der Waals surface area contributed by atoms with Gasteiger partial charge in [0.05, 0.1) is 18.1 Å². The third kappa shape index (κ3) is 4.75. The van der Waals surface area contributed by atoms with Crippen LogP contribution in [0.5, 0.6) is 0 Å². The Hall–Kier alpha value is -0.650. The summed E-state index contributed by atoms with van der Waals surface area (Å²) in [5.41, 5.74) is 5.44. The minimum absolute atomic E-state index is 0.0477. The van der Waals surface area contributed by atoms with Crippen LogP contribution in [0.1, 0.15) is 39.0 Å². The first-order chi connectivity index (χ1) is 9.04. The topological polar surface area (TPSA) is 84.6 Å². The fraction of sp³-hybridized carbons (Fsp3) is 0.929. The van der Waals surface area contributed by atoms with Gasteiger partial charge >= 0.3 is 0 Å². The summed E-state index contributed by atoms with van der Waals surface area (Å²) >= 11 is 0. The molecule has 0 radical (unpaired) electrons. The monoisotopic (exact) mass is 272 g/mol. The molecule has 0 heterocycles. The van der Waals surface area contributed by atoms with Crippen LogP contribution in [0.25, 0.3) is 0 Å². The molecule has 0 aromatic heterocycles. The normalized spacial score (nSPS) is 28.9. The van der Waals surface area contributed by atoms with Gasteiger partial charge in [-0.2, -0.15) is 0 Å². The van der Waals surface area contributed by atoms with E-state index < -0.39 is 11.5 Å². The van der Waals surface area contributed by atoms with Crippen molar-refractivity contribution in [1.82, 2.24) is 5.32 Å². The smallest absolute Gasteiger partial charge is 0.227 e. The zero-order valence-electron chi connectivity index (χ0n) is 12.2. The second-order valence-corrected chi connectivity index (χ2v) is 5.82. The van der Waals surface area contributed by atoms with Crippen LogP contribution < -0.4 is 11.1 Å². The second-order valence-electron chi connectivity index (χ2n) is 5.82. The summed E-state index contributed by atoms with van der Waals surface area (Å²) in [6.45, 7) is 3.40. The summed E-state index contributed by atoms with van der Waals surface area (Å²) in [4.78, 5) is 12.3. The number of hydrogen-bond acceptors (Lipinski definition) is 4. The van der Waals surface area contributed by atoms with Crippen LogP contribution >= 0.6 is 0 Å². The summed E-state index contributed by atoms with van der Waals surface area (Å²) < 4.78 is 4.85. The van der Waals surface area contributed by atoms with Gasteiger partial charge < -0.3 is 20.9 Å². The predicted octanol–water partition coefficient (Wildman–Crippen LogP) is 0.655. The molecule has 1 amide bonds. The van der Waals surface area contributed by atoms with Gasteiger partial charge in [-0.05, 0) is 38.0 Å². The van der Waals surface area contributed by atoms with E-state index in [0.717, 1.165) is 25.7 Å². The van der Waals surface area contributed by atoms with E-state index in [9.17, 15) is 9.90 Å². The van der Waals surface area contributed by atoms with Gasteiger partial charge in [0.25, 0.3) is 0 Å². The summed E-state index contributed by atoms with van der Waals surface area (Å²) in [7, 11) is 1.55. The molecule has 0 aliphatic heterocycles. The first kappa shape index (κ1) is 16.4. The molecule has 112 valence electrons. The highest BCUT2D eigenvalue weighted by atomic mass is 16.5. The molecule has 1 fully saturated rings. The average molecular weight is 272 g/mol. The predicted molar refractivity (Wildman–Crippen MR) is 74.6 cm³/mol. The number of carbonyl (C=O) groups is 1. The molecule has 19 heavy (non-hydrogen) atoms. The van der Waals surface area contributed by atoms with Crippen molar-refractivity contribution in [2.24, 2.45) is 17.1 Å². The molecule has 4 N–H and O–H groups in total. The van der Waals surface area contributed by atoms with E-state index in [1.165, 1.54) is 0 Å². The molecule has 1 saturated carbocycles. The molecule has 1 unspecified atom stereocenters. The average Bonchev–Trinajstić information content (AvgIpc) is 2.40. The lowest BCUT2D eigenvalue weighted by Crippen LogP contribution is -2.48. The molecular formula is C14H28N2O3. The van der Waals surface area contributed by atoms with E-state index in [0.29, 0.717) is 32.0 Å². The van der Waals surface area contributed by atoms with E-state index in [-0.39, 0.29) is 5.91 Å². The van der Waals surface area contributed by atoms with Crippen LogP contribution in [-0.4, -0.2) is 43.9 Å². The van der Waals surface area contributed by atoms with Gasteiger partial charge in [-0.15, -0.1) is 0 Å². The lowest BCUT2D eigenvalue weighted by atomic mass is 9.70. The second kappa shape index (κ2) is 7.82. The van der Waals surface area contributed by atoms with Crippen LogP contribution in [0.4, 0.5) is 0 Å². The van der Waals surface area contributed by atoms with Crippen molar-refractivity contribution in [1.29, 1.82) is 0 Å². The molecule has 1 aliphatic carbocycles. The fourth-order valence-corrected chi connectivity index (χ4v) is 2.65. The highest BCUT2D eigenvalue weighted by Crippen LogP contribution is 2.38. The van der Waals surface area contributed by atoms with Gasteiger partial charge in [-0.25, -0.2) is 0 Å². The van der Waals surface area contributed by atoms with Gasteiger partial charge in [0, 0.05) is 20.2 Å². The van der Waals surface area contributed by atoms with Crippen LogP contribution in [0.2, 0.25) is 0 Å². The van der Waals surface area contributed by atoms with Crippen LogP contribution in [-0.2, 0) is 9.53 Å². The molecule has 0 bridgehead atoms. The Morgan fingerprint density at radius 2 is 2.16 bits per heavy atom. The maximum absolute atomic E-state index is 12.3. The van der Waals surface area contributed by atoms with Crippen LogP contribution in [0.15, 0.2) is 0 Å². The minimum atomic E-state index is -0.523. The Labute approximate surface area is 115 Å². The van der Waals surface area contributed by atoms with E-state index >= 15 is 0 Å². The van der Waals surface area contributed by atoms with Gasteiger partial charge in [0.1, 0.15) is 0 Å². The lowest BCUT2D eigenvalue weighted by Gasteiger charge is -2.37. The summed E-state index contributed by atoms with van der Waals surface area (Å²) in [5.74, 6) is 0.738.